The number of primary amides is 1. The average molecular weight is 493 g/mol. The van der Waals surface area contributed by atoms with Gasteiger partial charge in [-0.25, -0.2) is 9.97 Å². The Balaban J connectivity index is 1.50. The van der Waals surface area contributed by atoms with Gasteiger partial charge >= 0.3 is 5.97 Å². The predicted octanol–water partition coefficient (Wildman–Crippen LogP) is 2.59. The molecule has 0 aliphatic carbocycles. The zero-order valence-corrected chi connectivity index (χ0v) is 20.0. The molecular formula is C26H28N4O6. The molecule has 0 radical (unpaired) electrons. The summed E-state index contributed by atoms with van der Waals surface area (Å²) in [6.07, 6.45) is 1.65. The molecule has 188 valence electrons. The Hall–Kier alpha value is -3.92. The number of hydrogen-bond donors (Lipinski definition) is 2. The van der Waals surface area contributed by atoms with E-state index < -0.39 is 17.8 Å². The summed E-state index contributed by atoms with van der Waals surface area (Å²) < 4.78 is 16.7. The fraction of sp³-hybridized carbons (Fsp3) is 0.385. The maximum Gasteiger partial charge on any atom is 0.306 e. The van der Waals surface area contributed by atoms with Gasteiger partial charge in [0, 0.05) is 18.7 Å². The standard InChI is InChI=1S/C26H28N4O6/c1-34-23-5-3-18-24(29-23)17(14-19(28-18)25(27)31)20-13-16(26(32)33)7-9-30(20)8-6-15-2-4-21-22(12-15)36-11-10-35-21/h2-5,12,14,16,20H,6-11,13H2,1H3,(H2,27,31)(H,32,33). The van der Waals surface area contributed by atoms with Crippen LogP contribution in [0.3, 0.4) is 0 Å². The molecule has 2 aliphatic rings. The number of methoxy groups -OCH3 is 1. The summed E-state index contributed by atoms with van der Waals surface area (Å²) in [5, 5.41) is 9.78. The van der Waals surface area contributed by atoms with Crippen LogP contribution < -0.4 is 19.9 Å². The molecule has 3 N–H and O–H groups in total. The molecule has 4 heterocycles. The van der Waals surface area contributed by atoms with Gasteiger partial charge in [0.2, 0.25) is 5.88 Å². The summed E-state index contributed by atoms with van der Waals surface area (Å²) in [6, 6.07) is 10.7. The first-order chi connectivity index (χ1) is 17.4. The number of carbonyl (C=O) groups excluding carboxylic acids is 1. The lowest BCUT2D eigenvalue weighted by atomic mass is 9.86. The fourth-order valence-corrected chi connectivity index (χ4v) is 4.95. The molecule has 1 saturated heterocycles. The van der Waals surface area contributed by atoms with Crippen LogP contribution in [0.2, 0.25) is 0 Å². The van der Waals surface area contributed by atoms with Crippen molar-refractivity contribution in [2.75, 3.05) is 33.4 Å². The van der Waals surface area contributed by atoms with E-state index >= 15 is 0 Å². The van der Waals surface area contributed by atoms with Crippen LogP contribution in [0.1, 0.15) is 40.5 Å². The Morgan fingerprint density at radius 3 is 2.69 bits per heavy atom. The van der Waals surface area contributed by atoms with E-state index in [4.69, 9.17) is 19.9 Å². The number of piperidine rings is 1. The molecule has 10 heteroatoms. The number of carbonyl (C=O) groups is 2. The first-order valence-corrected chi connectivity index (χ1v) is 11.9. The van der Waals surface area contributed by atoms with Crippen molar-refractivity contribution in [1.82, 2.24) is 14.9 Å². The van der Waals surface area contributed by atoms with Gasteiger partial charge in [0.05, 0.1) is 24.1 Å². The van der Waals surface area contributed by atoms with Crippen molar-refractivity contribution in [2.45, 2.75) is 25.3 Å². The number of nitrogens with two attached hydrogens (primary N) is 1. The van der Waals surface area contributed by atoms with Crippen molar-refractivity contribution in [3.05, 3.63) is 53.2 Å². The number of carboxylic acids is 1. The van der Waals surface area contributed by atoms with Crippen molar-refractivity contribution < 1.29 is 28.9 Å². The summed E-state index contributed by atoms with van der Waals surface area (Å²) >= 11 is 0. The minimum atomic E-state index is -0.828. The maximum absolute atomic E-state index is 12.1. The van der Waals surface area contributed by atoms with Crippen LogP contribution >= 0.6 is 0 Å². The van der Waals surface area contributed by atoms with E-state index in [-0.39, 0.29) is 11.7 Å². The van der Waals surface area contributed by atoms with Crippen molar-refractivity contribution in [2.24, 2.45) is 11.7 Å². The maximum atomic E-state index is 12.1. The molecule has 2 aromatic heterocycles. The van der Waals surface area contributed by atoms with E-state index in [2.05, 4.69) is 14.9 Å². The zero-order chi connectivity index (χ0) is 25.2. The molecule has 1 amide bonds. The Morgan fingerprint density at radius 2 is 1.94 bits per heavy atom. The van der Waals surface area contributed by atoms with Gasteiger partial charge in [-0.15, -0.1) is 0 Å². The monoisotopic (exact) mass is 492 g/mol. The van der Waals surface area contributed by atoms with E-state index in [0.717, 1.165) is 29.0 Å². The van der Waals surface area contributed by atoms with Gasteiger partial charge in [0.1, 0.15) is 18.9 Å². The third-order valence-electron chi connectivity index (χ3n) is 6.83. The van der Waals surface area contributed by atoms with E-state index in [0.29, 0.717) is 56.1 Å². The van der Waals surface area contributed by atoms with Gasteiger partial charge < -0.3 is 25.1 Å². The SMILES string of the molecule is COc1ccc2nc(C(N)=O)cc(C3CC(C(=O)O)CCN3CCc3ccc4c(c3)OCCO4)c2n1. The highest BCUT2D eigenvalue weighted by Gasteiger charge is 2.35. The smallest absolute Gasteiger partial charge is 0.306 e. The van der Waals surface area contributed by atoms with Crippen LogP contribution in [0.15, 0.2) is 36.4 Å². The van der Waals surface area contributed by atoms with Gasteiger partial charge in [0.15, 0.2) is 11.5 Å². The van der Waals surface area contributed by atoms with Crippen molar-refractivity contribution in [1.29, 1.82) is 0 Å². The van der Waals surface area contributed by atoms with E-state index in [1.165, 1.54) is 7.11 Å². The number of nitrogens with zero attached hydrogens (tertiary/aromatic N) is 3. The molecule has 3 aromatic rings. The molecule has 36 heavy (non-hydrogen) atoms. The van der Waals surface area contributed by atoms with Gasteiger partial charge in [-0.1, -0.05) is 6.07 Å². The number of rotatable bonds is 7. The number of likely N-dealkylation sites (tertiary alicyclic amines) is 1. The summed E-state index contributed by atoms with van der Waals surface area (Å²) in [7, 11) is 1.53. The molecule has 1 aromatic carbocycles. The number of amides is 1. The fourth-order valence-electron chi connectivity index (χ4n) is 4.95. The number of carboxylic acid groups (broad SMARTS) is 1. The molecule has 2 unspecified atom stereocenters. The average Bonchev–Trinajstić information content (AvgIpc) is 2.90. The van der Waals surface area contributed by atoms with Gasteiger partial charge in [0.25, 0.3) is 5.91 Å². The van der Waals surface area contributed by atoms with E-state index in [9.17, 15) is 14.7 Å². The topological polar surface area (TPSA) is 137 Å². The summed E-state index contributed by atoms with van der Waals surface area (Å²) in [5.41, 5.74) is 8.59. The highest BCUT2D eigenvalue weighted by atomic mass is 16.6. The minimum absolute atomic E-state index is 0.119. The molecule has 0 bridgehead atoms. The molecular weight excluding hydrogens is 464 g/mol. The second-order valence-corrected chi connectivity index (χ2v) is 9.02. The first-order valence-electron chi connectivity index (χ1n) is 11.9. The van der Waals surface area contributed by atoms with E-state index in [1.807, 2.05) is 18.2 Å². The molecule has 5 rings (SSSR count). The Bertz CT molecular complexity index is 1310. The van der Waals surface area contributed by atoms with E-state index in [1.54, 1.807) is 18.2 Å². The Labute approximate surface area is 208 Å². The number of benzene rings is 1. The summed E-state index contributed by atoms with van der Waals surface area (Å²) in [4.78, 5) is 35.2. The van der Waals surface area contributed by atoms with Crippen LogP contribution in [-0.4, -0.2) is 65.3 Å². The van der Waals surface area contributed by atoms with Crippen molar-refractivity contribution >= 4 is 22.9 Å². The lowest BCUT2D eigenvalue weighted by Crippen LogP contribution is -2.40. The van der Waals surface area contributed by atoms with Gasteiger partial charge in [-0.05, 0) is 61.2 Å². The lowest BCUT2D eigenvalue weighted by molar-refractivity contribution is -0.144. The zero-order valence-electron chi connectivity index (χ0n) is 20.0. The Morgan fingerprint density at radius 1 is 1.14 bits per heavy atom. The number of hydrogen-bond acceptors (Lipinski definition) is 8. The lowest BCUT2D eigenvalue weighted by Gasteiger charge is -2.39. The van der Waals surface area contributed by atoms with Crippen LogP contribution in [0, 0.1) is 5.92 Å². The normalized spacial score (nSPS) is 19.7. The van der Waals surface area contributed by atoms with Crippen LogP contribution in [-0.2, 0) is 11.2 Å². The second-order valence-electron chi connectivity index (χ2n) is 9.02. The second kappa shape index (κ2) is 9.98. The number of ether oxygens (including phenoxy) is 3. The number of fused-ring (bicyclic) bond motifs is 2. The third kappa shape index (κ3) is 4.76. The van der Waals surface area contributed by atoms with Gasteiger partial charge in [-0.3, -0.25) is 14.5 Å². The largest absolute Gasteiger partial charge is 0.486 e. The van der Waals surface area contributed by atoms with Gasteiger partial charge in [-0.2, -0.15) is 0 Å². The summed E-state index contributed by atoms with van der Waals surface area (Å²) in [6.45, 7) is 2.33. The highest BCUT2D eigenvalue weighted by molar-refractivity contribution is 5.94. The third-order valence-corrected chi connectivity index (χ3v) is 6.83. The molecule has 0 saturated carbocycles. The minimum Gasteiger partial charge on any atom is -0.486 e. The number of pyridine rings is 2. The molecule has 0 spiro atoms. The van der Waals surface area contributed by atoms with Crippen LogP contribution in [0.25, 0.3) is 11.0 Å². The van der Waals surface area contributed by atoms with Crippen molar-refractivity contribution in [3.63, 3.8) is 0 Å². The first kappa shape index (κ1) is 23.8. The highest BCUT2D eigenvalue weighted by Crippen LogP contribution is 2.38. The molecule has 10 nitrogen and oxygen atoms in total. The predicted molar refractivity (Wildman–Crippen MR) is 130 cm³/mol. The Kier molecular flexibility index (Phi) is 6.60. The van der Waals surface area contributed by atoms with Crippen LogP contribution in [0.5, 0.6) is 17.4 Å². The number of aromatic nitrogens is 2. The molecule has 2 aliphatic heterocycles. The molecule has 1 fully saturated rings. The quantitative estimate of drug-likeness (QED) is 0.510. The number of aliphatic carboxylic acids is 1. The molecule has 2 atom stereocenters. The van der Waals surface area contributed by atoms with Crippen LogP contribution in [0.4, 0.5) is 0 Å². The van der Waals surface area contributed by atoms with Crippen molar-refractivity contribution in [3.8, 4) is 17.4 Å². The summed E-state index contributed by atoms with van der Waals surface area (Å²) in [5.74, 6) is -0.0973.